The highest BCUT2D eigenvalue weighted by Crippen LogP contribution is 2.30. The van der Waals surface area contributed by atoms with E-state index in [1.54, 1.807) is 24.3 Å². The molecule has 0 bridgehead atoms. The topological polar surface area (TPSA) is 111 Å². The molecule has 0 radical (unpaired) electrons. The minimum atomic E-state index is -0.703. The molecule has 9 nitrogen and oxygen atoms in total. The largest absolute Gasteiger partial charge is 0.490 e. The van der Waals surface area contributed by atoms with E-state index in [4.69, 9.17) is 21.1 Å². The molecular formula is C23H28ClN3O6. The number of nitrogens with zero attached hydrogens (tertiary/aromatic N) is 2. The van der Waals surface area contributed by atoms with E-state index in [1.807, 2.05) is 20.8 Å². The summed E-state index contributed by atoms with van der Waals surface area (Å²) in [7, 11) is 1.31. The van der Waals surface area contributed by atoms with Gasteiger partial charge in [0.1, 0.15) is 11.8 Å². The fraction of sp³-hybridized carbons (Fsp3) is 0.391. The molecule has 0 aromatic heterocycles. The van der Waals surface area contributed by atoms with Gasteiger partial charge < -0.3 is 19.7 Å². The third kappa shape index (κ3) is 7.35. The Morgan fingerprint density at radius 2 is 1.85 bits per heavy atom. The van der Waals surface area contributed by atoms with E-state index in [9.17, 15) is 19.7 Å². The summed E-state index contributed by atoms with van der Waals surface area (Å²) in [4.78, 5) is 37.9. The number of nitro benzene ring substituents is 1. The summed E-state index contributed by atoms with van der Waals surface area (Å²) in [5, 5.41) is 14.5. The number of nitrogens with one attached hydrogen (secondary N) is 1. The van der Waals surface area contributed by atoms with Crippen LogP contribution in [0.25, 0.3) is 0 Å². The molecule has 2 aromatic rings. The molecule has 0 fully saturated rings. The molecule has 0 saturated heterocycles. The van der Waals surface area contributed by atoms with Crippen molar-refractivity contribution in [2.75, 3.05) is 13.7 Å². The van der Waals surface area contributed by atoms with Crippen molar-refractivity contribution in [2.45, 2.75) is 45.8 Å². The Bertz CT molecular complexity index is 981. The Kier molecular flexibility index (Phi) is 9.47. The van der Waals surface area contributed by atoms with Crippen molar-refractivity contribution in [1.82, 2.24) is 10.2 Å². The van der Waals surface area contributed by atoms with Crippen molar-refractivity contribution in [3.63, 3.8) is 0 Å². The number of carbonyl (C=O) groups excluding carboxylic acids is 2. The summed E-state index contributed by atoms with van der Waals surface area (Å²) in [6.07, 6.45) is 0.406. The SMILES string of the molecule is CCC(C(=O)NC(C)C)N(Cc1ccc(Cl)cc1)C(=O)COc1ccc([N+](=O)[O-])c(OC)c1. The molecule has 2 amide bonds. The number of halogens is 1. The molecule has 178 valence electrons. The van der Waals surface area contributed by atoms with Gasteiger partial charge in [0.15, 0.2) is 6.61 Å². The third-order valence-corrected chi connectivity index (χ3v) is 5.05. The Morgan fingerprint density at radius 1 is 1.18 bits per heavy atom. The molecule has 0 aliphatic carbocycles. The lowest BCUT2D eigenvalue weighted by molar-refractivity contribution is -0.385. The van der Waals surface area contributed by atoms with Crippen molar-refractivity contribution in [3.05, 3.63) is 63.2 Å². The zero-order valence-corrected chi connectivity index (χ0v) is 19.8. The van der Waals surface area contributed by atoms with Crippen molar-refractivity contribution < 1.29 is 24.0 Å². The first-order valence-electron chi connectivity index (χ1n) is 10.5. The van der Waals surface area contributed by atoms with Gasteiger partial charge in [0.25, 0.3) is 5.91 Å². The summed E-state index contributed by atoms with van der Waals surface area (Å²) >= 11 is 5.96. The molecule has 0 aliphatic heterocycles. The van der Waals surface area contributed by atoms with Crippen LogP contribution in [-0.2, 0) is 16.1 Å². The number of amides is 2. The standard InChI is InChI=1S/C23H28ClN3O6/c1-5-19(23(29)25-15(2)3)26(13-16-6-8-17(24)9-7-16)22(28)14-33-18-10-11-20(27(30)31)21(12-18)32-4/h6-12,15,19H,5,13-14H2,1-4H3,(H,25,29). The molecular weight excluding hydrogens is 450 g/mol. The number of hydrogen-bond donors (Lipinski definition) is 1. The Labute approximate surface area is 197 Å². The molecule has 0 saturated carbocycles. The van der Waals surface area contributed by atoms with E-state index in [1.165, 1.54) is 30.2 Å². The van der Waals surface area contributed by atoms with Gasteiger partial charge in [0.2, 0.25) is 11.7 Å². The van der Waals surface area contributed by atoms with Crippen LogP contribution in [0.4, 0.5) is 5.69 Å². The summed E-state index contributed by atoms with van der Waals surface area (Å²) in [6, 6.07) is 10.2. The zero-order valence-electron chi connectivity index (χ0n) is 19.0. The Morgan fingerprint density at radius 3 is 2.39 bits per heavy atom. The maximum Gasteiger partial charge on any atom is 0.311 e. The number of nitro groups is 1. The second kappa shape index (κ2) is 12.1. The maximum absolute atomic E-state index is 13.2. The van der Waals surface area contributed by atoms with Gasteiger partial charge in [0, 0.05) is 29.7 Å². The molecule has 2 rings (SSSR count). The van der Waals surface area contributed by atoms with Crippen LogP contribution in [0.1, 0.15) is 32.8 Å². The minimum absolute atomic E-state index is 0.0192. The lowest BCUT2D eigenvalue weighted by Gasteiger charge is -2.31. The minimum Gasteiger partial charge on any atom is -0.490 e. The molecule has 10 heteroatoms. The van der Waals surface area contributed by atoms with Crippen molar-refractivity contribution >= 4 is 29.1 Å². The van der Waals surface area contributed by atoms with Crippen LogP contribution in [0, 0.1) is 10.1 Å². The van der Waals surface area contributed by atoms with Gasteiger partial charge in [-0.3, -0.25) is 19.7 Å². The van der Waals surface area contributed by atoms with E-state index in [2.05, 4.69) is 5.32 Å². The summed E-state index contributed by atoms with van der Waals surface area (Å²) in [5.41, 5.74) is 0.595. The molecule has 1 atom stereocenters. The van der Waals surface area contributed by atoms with Crippen LogP contribution in [0.5, 0.6) is 11.5 Å². The molecule has 33 heavy (non-hydrogen) atoms. The normalized spacial score (nSPS) is 11.6. The Balaban J connectivity index is 2.24. The highest BCUT2D eigenvalue weighted by molar-refractivity contribution is 6.30. The van der Waals surface area contributed by atoms with Crippen LogP contribution >= 0.6 is 11.6 Å². The van der Waals surface area contributed by atoms with E-state index >= 15 is 0 Å². The van der Waals surface area contributed by atoms with E-state index in [-0.39, 0.29) is 42.3 Å². The molecule has 1 N–H and O–H groups in total. The van der Waals surface area contributed by atoms with E-state index < -0.39 is 16.9 Å². The van der Waals surface area contributed by atoms with Gasteiger partial charge in [0.05, 0.1) is 12.0 Å². The Hall–Kier alpha value is -3.33. The molecule has 1 unspecified atom stereocenters. The molecule has 0 aliphatic rings. The maximum atomic E-state index is 13.2. The highest BCUT2D eigenvalue weighted by Gasteiger charge is 2.29. The fourth-order valence-corrected chi connectivity index (χ4v) is 3.34. The second-order valence-corrected chi connectivity index (χ2v) is 8.05. The average Bonchev–Trinajstić information content (AvgIpc) is 2.77. The van der Waals surface area contributed by atoms with Gasteiger partial charge in [-0.05, 0) is 44.0 Å². The van der Waals surface area contributed by atoms with Gasteiger partial charge in [-0.25, -0.2) is 0 Å². The average molecular weight is 478 g/mol. The predicted octanol–water partition coefficient (Wildman–Crippen LogP) is 3.97. The van der Waals surface area contributed by atoms with Gasteiger partial charge >= 0.3 is 5.69 Å². The molecule has 2 aromatic carbocycles. The summed E-state index contributed by atoms with van der Waals surface area (Å²) in [5.74, 6) is -0.414. The number of benzene rings is 2. The predicted molar refractivity (Wildman–Crippen MR) is 125 cm³/mol. The monoisotopic (exact) mass is 477 g/mol. The lowest BCUT2D eigenvalue weighted by Crippen LogP contribution is -2.51. The van der Waals surface area contributed by atoms with Crippen LogP contribution in [0.3, 0.4) is 0 Å². The first-order valence-corrected chi connectivity index (χ1v) is 10.8. The highest BCUT2D eigenvalue weighted by atomic mass is 35.5. The number of hydrogen-bond acceptors (Lipinski definition) is 6. The van der Waals surface area contributed by atoms with Crippen molar-refractivity contribution in [1.29, 1.82) is 0 Å². The van der Waals surface area contributed by atoms with E-state index in [0.717, 1.165) is 5.56 Å². The summed E-state index contributed by atoms with van der Waals surface area (Å²) < 4.78 is 10.6. The van der Waals surface area contributed by atoms with Gasteiger partial charge in [-0.15, -0.1) is 0 Å². The van der Waals surface area contributed by atoms with Crippen LogP contribution in [-0.4, -0.2) is 47.4 Å². The van der Waals surface area contributed by atoms with Crippen LogP contribution < -0.4 is 14.8 Å². The zero-order chi connectivity index (χ0) is 24.5. The van der Waals surface area contributed by atoms with Crippen LogP contribution in [0.15, 0.2) is 42.5 Å². The quantitative estimate of drug-likeness (QED) is 0.387. The van der Waals surface area contributed by atoms with Gasteiger partial charge in [-0.2, -0.15) is 0 Å². The first-order chi connectivity index (χ1) is 15.7. The molecule has 0 spiro atoms. The third-order valence-electron chi connectivity index (χ3n) is 4.79. The number of methoxy groups -OCH3 is 1. The van der Waals surface area contributed by atoms with E-state index in [0.29, 0.717) is 11.4 Å². The number of rotatable bonds is 11. The first kappa shape index (κ1) is 25.9. The number of ether oxygens (including phenoxy) is 2. The fourth-order valence-electron chi connectivity index (χ4n) is 3.21. The summed E-state index contributed by atoms with van der Waals surface area (Å²) in [6.45, 7) is 5.35. The smallest absolute Gasteiger partial charge is 0.311 e. The van der Waals surface area contributed by atoms with Crippen molar-refractivity contribution in [2.24, 2.45) is 0 Å². The second-order valence-electron chi connectivity index (χ2n) is 7.61. The van der Waals surface area contributed by atoms with Crippen molar-refractivity contribution in [3.8, 4) is 11.5 Å². The lowest BCUT2D eigenvalue weighted by atomic mass is 10.1. The van der Waals surface area contributed by atoms with Crippen LogP contribution in [0.2, 0.25) is 5.02 Å². The molecule has 0 heterocycles. The van der Waals surface area contributed by atoms with Gasteiger partial charge in [-0.1, -0.05) is 30.7 Å². The number of carbonyl (C=O) groups is 2.